The van der Waals surface area contributed by atoms with Crippen molar-refractivity contribution in [3.05, 3.63) is 0 Å². The van der Waals surface area contributed by atoms with Crippen molar-refractivity contribution < 1.29 is 22.7 Å². The molecule has 1 aliphatic carbocycles. The Morgan fingerprint density at radius 3 is 2.20 bits per heavy atom. The molecule has 15 heavy (non-hydrogen) atoms. The summed E-state index contributed by atoms with van der Waals surface area (Å²) in [4.78, 5) is 11.1. The van der Waals surface area contributed by atoms with Crippen LogP contribution in [0, 0.1) is 5.92 Å². The quantitative estimate of drug-likeness (QED) is 0.744. The largest absolute Gasteiger partial charge is 0.444 e. The Kier molecular flexibility index (Phi) is 2.89. The smallest absolute Gasteiger partial charge is 0.407 e. The molecule has 2 atom stereocenters. The molecular formula is C9H14F3NO2. The Hall–Kier alpha value is -0.940. The van der Waals surface area contributed by atoms with Crippen molar-refractivity contribution in [3.8, 4) is 0 Å². The normalized spacial score (nSPS) is 26.0. The van der Waals surface area contributed by atoms with Gasteiger partial charge in [0.05, 0.1) is 5.92 Å². The Morgan fingerprint density at radius 1 is 1.33 bits per heavy atom. The monoisotopic (exact) mass is 225 g/mol. The maximum Gasteiger partial charge on any atom is 0.407 e. The zero-order chi connectivity index (χ0) is 11.9. The van der Waals surface area contributed by atoms with E-state index in [4.69, 9.17) is 4.74 Å². The van der Waals surface area contributed by atoms with Gasteiger partial charge in [-0.1, -0.05) is 0 Å². The lowest BCUT2D eigenvalue weighted by molar-refractivity contribution is -0.148. The molecule has 0 unspecified atom stereocenters. The Morgan fingerprint density at radius 2 is 1.87 bits per heavy atom. The van der Waals surface area contributed by atoms with Crippen LogP contribution < -0.4 is 5.32 Å². The van der Waals surface area contributed by atoms with Crippen molar-refractivity contribution >= 4 is 6.09 Å². The summed E-state index contributed by atoms with van der Waals surface area (Å²) in [7, 11) is 0. The first-order valence-corrected chi connectivity index (χ1v) is 4.66. The Balaban J connectivity index is 2.31. The highest BCUT2D eigenvalue weighted by molar-refractivity contribution is 5.68. The minimum absolute atomic E-state index is 0.0528. The van der Waals surface area contributed by atoms with Gasteiger partial charge in [-0.3, -0.25) is 0 Å². The van der Waals surface area contributed by atoms with Crippen molar-refractivity contribution in [3.63, 3.8) is 0 Å². The van der Waals surface area contributed by atoms with Gasteiger partial charge in [0, 0.05) is 6.04 Å². The number of carbonyl (C=O) groups excluding carboxylic acids is 1. The number of halogens is 3. The molecule has 6 heteroatoms. The molecule has 0 aromatic heterocycles. The van der Waals surface area contributed by atoms with Gasteiger partial charge in [-0.2, -0.15) is 13.2 Å². The van der Waals surface area contributed by atoms with Gasteiger partial charge in [-0.05, 0) is 27.2 Å². The van der Waals surface area contributed by atoms with Crippen molar-refractivity contribution in [2.75, 3.05) is 0 Å². The van der Waals surface area contributed by atoms with Gasteiger partial charge in [0.25, 0.3) is 0 Å². The van der Waals surface area contributed by atoms with Crippen LogP contribution in [0.5, 0.6) is 0 Å². The van der Waals surface area contributed by atoms with Crippen LogP contribution >= 0.6 is 0 Å². The predicted octanol–water partition coefficient (Wildman–Crippen LogP) is 2.46. The summed E-state index contributed by atoms with van der Waals surface area (Å²) in [5.74, 6) is -1.41. The van der Waals surface area contributed by atoms with E-state index in [9.17, 15) is 18.0 Å². The number of amides is 1. The minimum atomic E-state index is -4.22. The molecule has 0 saturated heterocycles. The lowest BCUT2D eigenvalue weighted by Gasteiger charge is -2.19. The number of nitrogens with one attached hydrogen (secondary N) is 1. The third-order valence-electron chi connectivity index (χ3n) is 1.91. The van der Waals surface area contributed by atoms with Gasteiger partial charge in [-0.15, -0.1) is 0 Å². The zero-order valence-corrected chi connectivity index (χ0v) is 8.81. The molecule has 1 rings (SSSR count). The van der Waals surface area contributed by atoms with E-state index in [1.165, 1.54) is 0 Å². The highest BCUT2D eigenvalue weighted by Gasteiger charge is 2.56. The second-order valence-electron chi connectivity index (χ2n) is 4.64. The van der Waals surface area contributed by atoms with E-state index in [-0.39, 0.29) is 6.42 Å². The van der Waals surface area contributed by atoms with E-state index < -0.39 is 29.8 Å². The number of carbonyl (C=O) groups is 1. The van der Waals surface area contributed by atoms with Crippen LogP contribution in [0.15, 0.2) is 0 Å². The summed E-state index contributed by atoms with van der Waals surface area (Å²) in [6.45, 7) is 4.96. The number of alkyl carbamates (subject to hydrolysis) is 1. The fourth-order valence-electron chi connectivity index (χ4n) is 1.18. The second kappa shape index (κ2) is 3.57. The lowest BCUT2D eigenvalue weighted by atomic mass is 10.2. The van der Waals surface area contributed by atoms with Crippen LogP contribution in [0.3, 0.4) is 0 Å². The molecule has 88 valence electrons. The minimum Gasteiger partial charge on any atom is -0.444 e. The third kappa shape index (κ3) is 3.97. The first-order valence-electron chi connectivity index (χ1n) is 4.66. The number of hydrogen-bond donors (Lipinski definition) is 1. The second-order valence-corrected chi connectivity index (χ2v) is 4.64. The predicted molar refractivity (Wildman–Crippen MR) is 47.3 cm³/mol. The molecule has 0 aromatic rings. The summed E-state index contributed by atoms with van der Waals surface area (Å²) in [5.41, 5.74) is -0.688. The zero-order valence-electron chi connectivity index (χ0n) is 8.81. The Labute approximate surface area is 86.0 Å². The molecule has 1 aliphatic rings. The van der Waals surface area contributed by atoms with Gasteiger partial charge in [0.2, 0.25) is 0 Å². The van der Waals surface area contributed by atoms with Crippen LogP contribution in [0.4, 0.5) is 18.0 Å². The highest BCUT2D eigenvalue weighted by atomic mass is 19.4. The molecule has 0 spiro atoms. The summed E-state index contributed by atoms with van der Waals surface area (Å²) in [6, 6.07) is -0.820. The number of alkyl halides is 3. The third-order valence-corrected chi connectivity index (χ3v) is 1.91. The number of rotatable bonds is 1. The highest BCUT2D eigenvalue weighted by Crippen LogP contribution is 2.44. The molecule has 1 fully saturated rings. The molecule has 0 heterocycles. The van der Waals surface area contributed by atoms with Gasteiger partial charge in [0.1, 0.15) is 5.60 Å². The molecule has 1 amide bonds. The summed E-state index contributed by atoms with van der Waals surface area (Å²) < 4.78 is 41.1. The molecule has 3 nitrogen and oxygen atoms in total. The van der Waals surface area contributed by atoms with Crippen LogP contribution in [-0.2, 0) is 4.74 Å². The van der Waals surface area contributed by atoms with Gasteiger partial charge in [-0.25, -0.2) is 4.79 Å². The fourth-order valence-corrected chi connectivity index (χ4v) is 1.18. The molecule has 1 saturated carbocycles. The first-order chi connectivity index (χ1) is 6.59. The summed E-state index contributed by atoms with van der Waals surface area (Å²) in [6.07, 6.45) is -5.07. The van der Waals surface area contributed by atoms with Crippen molar-refractivity contribution in [2.45, 2.75) is 45.0 Å². The van der Waals surface area contributed by atoms with E-state index in [0.717, 1.165) is 0 Å². The van der Waals surface area contributed by atoms with E-state index in [1.54, 1.807) is 20.8 Å². The van der Waals surface area contributed by atoms with Crippen LogP contribution in [0.1, 0.15) is 27.2 Å². The van der Waals surface area contributed by atoms with Crippen molar-refractivity contribution in [1.29, 1.82) is 0 Å². The maximum absolute atomic E-state index is 12.1. The van der Waals surface area contributed by atoms with Gasteiger partial charge in [0.15, 0.2) is 0 Å². The summed E-state index contributed by atoms with van der Waals surface area (Å²) in [5, 5.41) is 2.19. The van der Waals surface area contributed by atoms with Gasteiger partial charge >= 0.3 is 12.3 Å². The molecule has 1 N–H and O–H groups in total. The van der Waals surface area contributed by atoms with Crippen molar-refractivity contribution in [2.24, 2.45) is 5.92 Å². The van der Waals surface area contributed by atoms with Crippen LogP contribution in [-0.4, -0.2) is 23.9 Å². The average Bonchev–Trinajstić information content (AvgIpc) is 2.59. The van der Waals surface area contributed by atoms with Gasteiger partial charge < -0.3 is 10.1 Å². The summed E-state index contributed by atoms with van der Waals surface area (Å²) >= 11 is 0. The van der Waals surface area contributed by atoms with E-state index in [0.29, 0.717) is 0 Å². The van der Waals surface area contributed by atoms with Crippen molar-refractivity contribution in [1.82, 2.24) is 5.32 Å². The first kappa shape index (κ1) is 12.1. The topological polar surface area (TPSA) is 38.3 Å². The molecule has 0 bridgehead atoms. The Bertz CT molecular complexity index is 257. The molecule has 0 aromatic carbocycles. The SMILES string of the molecule is CC(C)(C)OC(=O)N[C@H]1C[C@@H]1C(F)(F)F. The standard InChI is InChI=1S/C9H14F3NO2/c1-8(2,3)15-7(14)13-6-4-5(6)9(10,11)12/h5-6H,4H2,1-3H3,(H,13,14)/t5-,6-/m0/s1. The number of hydrogen-bond acceptors (Lipinski definition) is 2. The van der Waals surface area contributed by atoms with Crippen LogP contribution in [0.25, 0.3) is 0 Å². The van der Waals surface area contributed by atoms with E-state index in [1.807, 2.05) is 0 Å². The average molecular weight is 225 g/mol. The fraction of sp³-hybridized carbons (Fsp3) is 0.889. The molecule has 0 aliphatic heterocycles. The lowest BCUT2D eigenvalue weighted by Crippen LogP contribution is -2.35. The molecule has 0 radical (unpaired) electrons. The number of ether oxygens (including phenoxy) is 1. The molecular weight excluding hydrogens is 211 g/mol. The van der Waals surface area contributed by atoms with E-state index in [2.05, 4.69) is 5.32 Å². The van der Waals surface area contributed by atoms with E-state index >= 15 is 0 Å². The van der Waals surface area contributed by atoms with Crippen LogP contribution in [0.2, 0.25) is 0 Å². The maximum atomic E-state index is 12.1.